The van der Waals surface area contributed by atoms with Crippen molar-refractivity contribution in [2.24, 2.45) is 4.99 Å². The van der Waals surface area contributed by atoms with Crippen LogP contribution >= 0.6 is 11.8 Å². The van der Waals surface area contributed by atoms with Crippen LogP contribution in [-0.4, -0.2) is 63.4 Å². The predicted molar refractivity (Wildman–Crippen MR) is 169 cm³/mol. The molecule has 42 heavy (non-hydrogen) atoms. The van der Waals surface area contributed by atoms with E-state index in [1.807, 2.05) is 80.0 Å². The highest BCUT2D eigenvalue weighted by atomic mass is 32.2. The Morgan fingerprint density at radius 1 is 1.12 bits per heavy atom. The SMILES string of the molecule is CCN1C(SC(C(=O)N2CCC[C@@H]2CNC(=O)OC(C)(C)C)c2ccccc2)=Nc2cc3cc(C)ccc3cc2C1O. The van der Waals surface area contributed by atoms with Gasteiger partial charge in [0, 0.05) is 31.2 Å². The first-order chi connectivity index (χ1) is 20.0. The minimum atomic E-state index is -0.875. The van der Waals surface area contributed by atoms with Crippen molar-refractivity contribution in [3.8, 4) is 0 Å². The first kappa shape index (κ1) is 29.9. The van der Waals surface area contributed by atoms with E-state index < -0.39 is 23.2 Å². The van der Waals surface area contributed by atoms with E-state index in [0.29, 0.717) is 30.5 Å². The third kappa shape index (κ3) is 6.57. The molecule has 9 heteroatoms. The molecule has 222 valence electrons. The molecule has 0 aromatic heterocycles. The predicted octanol–water partition coefficient (Wildman–Crippen LogP) is 6.45. The molecule has 1 fully saturated rings. The van der Waals surface area contributed by atoms with E-state index in [9.17, 15) is 14.7 Å². The average Bonchev–Trinajstić information content (AvgIpc) is 3.42. The monoisotopic (exact) mass is 588 g/mol. The fraction of sp³-hybridized carbons (Fsp3) is 0.424. The number of thioether (sulfide) groups is 1. The molecule has 5 rings (SSSR count). The first-order valence-electron chi connectivity index (χ1n) is 14.6. The topological polar surface area (TPSA) is 94.5 Å². The number of ether oxygens (including phenoxy) is 1. The van der Waals surface area contributed by atoms with Crippen molar-refractivity contribution in [1.29, 1.82) is 0 Å². The number of aliphatic hydroxyl groups is 1. The second-order valence-electron chi connectivity index (χ2n) is 11.9. The summed E-state index contributed by atoms with van der Waals surface area (Å²) >= 11 is 1.37. The minimum Gasteiger partial charge on any atom is -0.444 e. The largest absolute Gasteiger partial charge is 0.444 e. The summed E-state index contributed by atoms with van der Waals surface area (Å²) < 4.78 is 5.40. The maximum atomic E-state index is 14.3. The Balaban J connectivity index is 1.44. The highest BCUT2D eigenvalue weighted by Gasteiger charge is 2.38. The molecule has 2 aliphatic heterocycles. The van der Waals surface area contributed by atoms with E-state index in [4.69, 9.17) is 9.73 Å². The van der Waals surface area contributed by atoms with E-state index in [-0.39, 0.29) is 11.9 Å². The summed E-state index contributed by atoms with van der Waals surface area (Å²) in [5, 5.41) is 16.5. The molecule has 0 bridgehead atoms. The number of carbonyl (C=O) groups is 2. The van der Waals surface area contributed by atoms with Crippen molar-refractivity contribution in [2.45, 2.75) is 70.6 Å². The van der Waals surface area contributed by atoms with Crippen molar-refractivity contribution in [2.75, 3.05) is 19.6 Å². The molecular formula is C33H40N4O4S. The highest BCUT2D eigenvalue weighted by Crippen LogP contribution is 2.43. The molecule has 2 aliphatic rings. The molecule has 0 aliphatic carbocycles. The van der Waals surface area contributed by atoms with E-state index >= 15 is 0 Å². The van der Waals surface area contributed by atoms with Crippen LogP contribution in [0.3, 0.4) is 0 Å². The maximum Gasteiger partial charge on any atom is 0.407 e. The lowest BCUT2D eigenvalue weighted by molar-refractivity contribution is -0.131. The number of carbonyl (C=O) groups excluding carboxylic acids is 2. The van der Waals surface area contributed by atoms with Crippen molar-refractivity contribution >= 4 is 45.4 Å². The van der Waals surface area contributed by atoms with Crippen LogP contribution in [0, 0.1) is 6.92 Å². The van der Waals surface area contributed by atoms with Gasteiger partial charge in [0.2, 0.25) is 5.91 Å². The number of aliphatic hydroxyl groups excluding tert-OH is 1. The van der Waals surface area contributed by atoms with E-state index in [1.54, 1.807) is 0 Å². The van der Waals surface area contributed by atoms with Gasteiger partial charge in [-0.1, -0.05) is 65.9 Å². The molecule has 2 N–H and O–H groups in total. The van der Waals surface area contributed by atoms with Gasteiger partial charge in [-0.05, 0) is 75.9 Å². The number of rotatable bonds is 6. The van der Waals surface area contributed by atoms with Crippen LogP contribution in [0.15, 0.2) is 65.7 Å². The number of nitrogens with zero attached hydrogens (tertiary/aromatic N) is 3. The number of aliphatic imine (C=N–C) groups is 1. The Bertz CT molecular complexity index is 1490. The molecule has 0 spiro atoms. The molecule has 0 saturated carbocycles. The number of hydrogen-bond donors (Lipinski definition) is 2. The lowest BCUT2D eigenvalue weighted by Crippen LogP contribution is -2.46. The Morgan fingerprint density at radius 3 is 2.60 bits per heavy atom. The maximum absolute atomic E-state index is 14.3. The zero-order chi connectivity index (χ0) is 30.0. The number of nitrogens with one attached hydrogen (secondary N) is 1. The second kappa shape index (κ2) is 12.4. The van der Waals surface area contributed by atoms with E-state index in [1.165, 1.54) is 11.8 Å². The fourth-order valence-corrected chi connectivity index (χ4v) is 6.82. The Hall–Kier alpha value is -3.56. The number of alkyl carbamates (subject to hydrolysis) is 1. The van der Waals surface area contributed by atoms with Crippen LogP contribution in [0.5, 0.6) is 0 Å². The van der Waals surface area contributed by atoms with Crippen LogP contribution in [0.2, 0.25) is 0 Å². The van der Waals surface area contributed by atoms with Gasteiger partial charge in [-0.3, -0.25) is 4.79 Å². The number of fused-ring (bicyclic) bond motifs is 2. The molecule has 2 amide bonds. The van der Waals surface area contributed by atoms with Gasteiger partial charge in [-0.15, -0.1) is 0 Å². The summed E-state index contributed by atoms with van der Waals surface area (Å²) in [6.07, 6.45) is 0.300. The van der Waals surface area contributed by atoms with Crippen LogP contribution < -0.4 is 5.32 Å². The number of likely N-dealkylation sites (tertiary alicyclic amines) is 1. The van der Waals surface area contributed by atoms with Crippen LogP contribution in [0.25, 0.3) is 10.8 Å². The average molecular weight is 589 g/mol. The van der Waals surface area contributed by atoms with Gasteiger partial charge in [0.1, 0.15) is 10.9 Å². The molecule has 2 unspecified atom stereocenters. The van der Waals surface area contributed by atoms with E-state index in [0.717, 1.165) is 40.3 Å². The van der Waals surface area contributed by atoms with Crippen molar-refractivity contribution in [3.63, 3.8) is 0 Å². The molecule has 3 atom stereocenters. The summed E-state index contributed by atoms with van der Waals surface area (Å²) in [7, 11) is 0. The summed E-state index contributed by atoms with van der Waals surface area (Å²) in [5.41, 5.74) is 2.90. The lowest BCUT2D eigenvalue weighted by Gasteiger charge is -2.36. The Morgan fingerprint density at radius 2 is 1.88 bits per heavy atom. The van der Waals surface area contributed by atoms with Gasteiger partial charge in [-0.25, -0.2) is 9.79 Å². The van der Waals surface area contributed by atoms with Gasteiger partial charge in [0.15, 0.2) is 11.4 Å². The quantitative estimate of drug-likeness (QED) is 0.344. The number of hydrogen-bond acceptors (Lipinski definition) is 7. The third-order valence-electron chi connectivity index (χ3n) is 7.61. The number of benzene rings is 3. The summed E-state index contributed by atoms with van der Waals surface area (Å²) in [6.45, 7) is 11.0. The number of amides is 2. The molecule has 8 nitrogen and oxygen atoms in total. The van der Waals surface area contributed by atoms with Crippen molar-refractivity contribution in [3.05, 3.63) is 77.4 Å². The summed E-state index contributed by atoms with van der Waals surface area (Å²) in [4.78, 5) is 35.3. The Kier molecular flexibility index (Phi) is 8.80. The standard InChI is InChI=1S/C33H40N4O4S/c1-6-36-29(38)26-18-23-15-14-21(2)17-24(23)19-27(26)35-31(36)42-28(22-11-8-7-9-12-22)30(39)37-16-10-13-25(37)20-34-32(40)41-33(3,4)5/h7-9,11-12,14-15,17-19,25,28-29,38H,6,10,13,16,20H2,1-5H3,(H,34,40)/t25-,28?,29?/m1/s1. The van der Waals surface area contributed by atoms with Crippen LogP contribution in [-0.2, 0) is 9.53 Å². The normalized spacial score (nSPS) is 19.3. The number of amidine groups is 1. The smallest absolute Gasteiger partial charge is 0.407 e. The van der Waals surface area contributed by atoms with Crippen molar-refractivity contribution in [1.82, 2.24) is 15.1 Å². The molecular weight excluding hydrogens is 548 g/mol. The minimum absolute atomic E-state index is 0.0344. The van der Waals surface area contributed by atoms with Gasteiger partial charge < -0.3 is 25.0 Å². The van der Waals surface area contributed by atoms with Crippen LogP contribution in [0.4, 0.5) is 10.5 Å². The van der Waals surface area contributed by atoms with Gasteiger partial charge in [0.05, 0.1) is 5.69 Å². The third-order valence-corrected chi connectivity index (χ3v) is 8.85. The van der Waals surface area contributed by atoms with Gasteiger partial charge in [0.25, 0.3) is 0 Å². The van der Waals surface area contributed by atoms with Crippen molar-refractivity contribution < 1.29 is 19.4 Å². The van der Waals surface area contributed by atoms with Gasteiger partial charge >= 0.3 is 6.09 Å². The zero-order valence-electron chi connectivity index (χ0n) is 25.0. The second-order valence-corrected chi connectivity index (χ2v) is 13.0. The summed E-state index contributed by atoms with van der Waals surface area (Å²) in [6, 6.07) is 19.9. The summed E-state index contributed by atoms with van der Waals surface area (Å²) in [5.74, 6) is -0.0344. The zero-order valence-corrected chi connectivity index (χ0v) is 25.8. The molecule has 3 aromatic rings. The highest BCUT2D eigenvalue weighted by molar-refractivity contribution is 8.14. The molecule has 3 aromatic carbocycles. The molecule has 2 heterocycles. The van der Waals surface area contributed by atoms with Gasteiger partial charge in [-0.2, -0.15) is 0 Å². The fourth-order valence-electron chi connectivity index (χ4n) is 5.57. The Labute approximate surface area is 252 Å². The number of aryl methyl sites for hydroxylation is 1. The lowest BCUT2D eigenvalue weighted by atomic mass is 10.0. The first-order valence-corrected chi connectivity index (χ1v) is 15.5. The van der Waals surface area contributed by atoms with Crippen LogP contribution in [0.1, 0.15) is 68.7 Å². The molecule has 0 radical (unpaired) electrons. The molecule has 1 saturated heterocycles. The van der Waals surface area contributed by atoms with E-state index in [2.05, 4.69) is 30.4 Å².